The number of carboxylic acids is 1. The van der Waals surface area contributed by atoms with Crippen LogP contribution in [0.15, 0.2) is 0 Å². The summed E-state index contributed by atoms with van der Waals surface area (Å²) in [4.78, 5) is 49.3. The molecule has 6 fully saturated rings. The highest BCUT2D eigenvalue weighted by Gasteiger charge is 2.61. The maximum atomic E-state index is 13.0. The molecular weight excluding hydrogens is 1130 g/mol. The van der Waals surface area contributed by atoms with Crippen LogP contribution >= 0.6 is 0 Å². The maximum Gasteiger partial charge on any atom is 0.364 e. The number of nitrogens with one attached hydrogen (secondary N) is 3. The van der Waals surface area contributed by atoms with E-state index in [4.69, 9.17) is 52.1 Å². The Labute approximate surface area is 463 Å². The van der Waals surface area contributed by atoms with Crippen LogP contribution < -0.4 is 16.0 Å². The Kier molecular flexibility index (Phi) is 23.9. The van der Waals surface area contributed by atoms with Crippen molar-refractivity contribution in [1.82, 2.24) is 16.0 Å². The van der Waals surface area contributed by atoms with Crippen molar-refractivity contribution in [1.29, 1.82) is 0 Å². The summed E-state index contributed by atoms with van der Waals surface area (Å²) in [6.07, 6.45) is -55.7. The number of aliphatic hydroxyl groups excluding tert-OH is 18. The fourth-order valence-electron chi connectivity index (χ4n) is 10.3. The number of aliphatic hydroxyl groups is 18. The number of amides is 3. The molecule has 37 nitrogen and oxygen atoms in total. The van der Waals surface area contributed by atoms with Gasteiger partial charge in [0, 0.05) is 27.2 Å². The highest BCUT2D eigenvalue weighted by atomic mass is 16.8. The van der Waals surface area contributed by atoms with Crippen LogP contribution in [-0.2, 0) is 71.3 Å². The normalized spacial score (nSPS) is 46.3. The lowest BCUT2D eigenvalue weighted by Gasteiger charge is -2.51. The van der Waals surface area contributed by atoms with Crippen molar-refractivity contribution < 1.29 is 168 Å². The Morgan fingerprint density at radius 3 is 1.49 bits per heavy atom. The molecule has 0 radical (unpaired) electrons. The number of carboxylic acid groups (broad SMARTS) is 1. The molecule has 0 aromatic carbocycles. The van der Waals surface area contributed by atoms with Gasteiger partial charge in [-0.25, -0.2) is 4.79 Å². The van der Waals surface area contributed by atoms with E-state index in [2.05, 4.69) is 16.0 Å². The topological polar surface area (TPSA) is 590 Å². The molecule has 6 rings (SSSR count). The van der Waals surface area contributed by atoms with E-state index in [1.54, 1.807) is 0 Å². The van der Waals surface area contributed by atoms with E-state index in [-0.39, 0.29) is 0 Å². The van der Waals surface area contributed by atoms with Gasteiger partial charge in [-0.15, -0.1) is 0 Å². The number of ether oxygens (including phenoxy) is 11. The molecule has 0 spiro atoms. The monoisotopic (exact) mass is 1200 g/mol. The fourth-order valence-corrected chi connectivity index (χ4v) is 10.3. The Morgan fingerprint density at radius 1 is 0.500 bits per heavy atom. The molecule has 31 atom stereocenters. The molecule has 82 heavy (non-hydrogen) atoms. The summed E-state index contributed by atoms with van der Waals surface area (Å²) in [5.74, 6) is -7.75. The fraction of sp³-hybridized carbons (Fsp3) is 0.911. The van der Waals surface area contributed by atoms with Gasteiger partial charge in [0.15, 0.2) is 31.5 Å². The van der Waals surface area contributed by atoms with Gasteiger partial charge in [0.25, 0.3) is 5.79 Å². The minimum Gasteiger partial charge on any atom is -0.477 e. The molecule has 37 heteroatoms. The first-order valence-corrected chi connectivity index (χ1v) is 25.7. The van der Waals surface area contributed by atoms with E-state index in [1.807, 2.05) is 0 Å². The van der Waals surface area contributed by atoms with Crippen molar-refractivity contribution in [3.63, 3.8) is 0 Å². The first kappa shape index (κ1) is 67.8. The van der Waals surface area contributed by atoms with Gasteiger partial charge >= 0.3 is 5.97 Å². The SMILES string of the molecule is CC(=O)N[C@@H]1[C@@H](O)[C@H](O[C@@H]2O[C@H](CO)[C@H](O)[C@H](O[C@]3(C(=O)O)C[C@H](O)[C@@H](NC(C)=O)[C@H]([C@H](O)[C@H](O)CO)O3)[C@H]2O)[C@@H](CO[C@@H]2O[C@H](CO)[C@@H](O[C@@H]3O[C@H](CO)[C@H](O)[C@H](O[C@@H]4O[C@H](CO)[C@@H](O)[C@H](O)[C@H]4NC(C)=O)[C@H]3O)[C@H](O)[C@H]2O)O[C@H]1O. The predicted octanol–water partition coefficient (Wildman–Crippen LogP) is -14.5. The van der Waals surface area contributed by atoms with Crippen LogP contribution in [0.2, 0.25) is 0 Å². The summed E-state index contributed by atoms with van der Waals surface area (Å²) in [5.41, 5.74) is 0. The first-order valence-electron chi connectivity index (χ1n) is 25.7. The molecule has 6 aliphatic heterocycles. The average Bonchev–Trinajstić information content (AvgIpc) is 3.20. The quantitative estimate of drug-likeness (QED) is 0.0479. The summed E-state index contributed by atoms with van der Waals surface area (Å²) < 4.78 is 62.6. The number of rotatable bonds is 22. The van der Waals surface area contributed by atoms with Gasteiger partial charge in [-0.05, 0) is 0 Å². The summed E-state index contributed by atoms with van der Waals surface area (Å²) >= 11 is 0. The summed E-state index contributed by atoms with van der Waals surface area (Å²) in [5, 5.41) is 212. The van der Waals surface area contributed by atoms with Crippen molar-refractivity contribution in [2.24, 2.45) is 0 Å². The van der Waals surface area contributed by atoms with Crippen LogP contribution in [0.5, 0.6) is 0 Å². The largest absolute Gasteiger partial charge is 0.477 e. The van der Waals surface area contributed by atoms with Crippen LogP contribution in [0.3, 0.4) is 0 Å². The van der Waals surface area contributed by atoms with Gasteiger partial charge in [0.2, 0.25) is 17.7 Å². The maximum absolute atomic E-state index is 13.0. The van der Waals surface area contributed by atoms with E-state index in [1.165, 1.54) is 0 Å². The second-order valence-electron chi connectivity index (χ2n) is 20.4. The molecule has 6 saturated heterocycles. The molecule has 0 aromatic heterocycles. The second-order valence-corrected chi connectivity index (χ2v) is 20.4. The molecule has 0 unspecified atom stereocenters. The molecule has 22 N–H and O–H groups in total. The smallest absolute Gasteiger partial charge is 0.364 e. The molecule has 0 aliphatic carbocycles. The van der Waals surface area contributed by atoms with E-state index < -0.39 is 259 Å². The van der Waals surface area contributed by atoms with Crippen molar-refractivity contribution >= 4 is 23.7 Å². The highest BCUT2D eigenvalue weighted by Crippen LogP contribution is 2.39. The Morgan fingerprint density at radius 2 is 0.963 bits per heavy atom. The van der Waals surface area contributed by atoms with Gasteiger partial charge in [-0.2, -0.15) is 0 Å². The number of carbonyl (C=O) groups excluding carboxylic acids is 3. The molecule has 6 aliphatic rings. The zero-order valence-corrected chi connectivity index (χ0v) is 43.9. The summed E-state index contributed by atoms with van der Waals surface area (Å²) in [7, 11) is 0. The third-order valence-corrected chi connectivity index (χ3v) is 14.6. The van der Waals surface area contributed by atoms with Gasteiger partial charge in [-0.3, -0.25) is 14.4 Å². The minimum atomic E-state index is -3.22. The number of hydrogen-bond donors (Lipinski definition) is 22. The lowest BCUT2D eigenvalue weighted by atomic mass is 9.88. The minimum absolute atomic E-state index is 0.759. The Hall–Kier alpha value is -3.28. The van der Waals surface area contributed by atoms with Gasteiger partial charge in [0.05, 0.1) is 51.8 Å². The Bertz CT molecular complexity index is 2090. The van der Waals surface area contributed by atoms with Gasteiger partial charge in [-0.1, -0.05) is 0 Å². The molecule has 6 heterocycles. The van der Waals surface area contributed by atoms with Gasteiger partial charge in [0.1, 0.15) is 140 Å². The lowest BCUT2D eigenvalue weighted by molar-refractivity contribution is -0.386. The van der Waals surface area contributed by atoms with Crippen molar-refractivity contribution in [2.45, 2.75) is 217 Å². The van der Waals surface area contributed by atoms with Crippen molar-refractivity contribution in [2.75, 3.05) is 39.6 Å². The zero-order chi connectivity index (χ0) is 61.0. The molecule has 0 saturated carbocycles. The molecule has 0 bridgehead atoms. The number of hydrogen-bond acceptors (Lipinski definition) is 33. The molecular formula is C45H75N3O34. The van der Waals surface area contributed by atoms with E-state index in [0.29, 0.717) is 0 Å². The van der Waals surface area contributed by atoms with Crippen LogP contribution in [0.1, 0.15) is 27.2 Å². The number of carbonyl (C=O) groups is 4. The van der Waals surface area contributed by atoms with Crippen LogP contribution in [0.25, 0.3) is 0 Å². The lowest BCUT2D eigenvalue weighted by Crippen LogP contribution is -2.71. The second kappa shape index (κ2) is 28.9. The van der Waals surface area contributed by atoms with Crippen LogP contribution in [0.4, 0.5) is 0 Å². The average molecular weight is 1200 g/mol. The number of aliphatic carboxylic acids is 1. The summed E-state index contributed by atoms with van der Waals surface area (Å²) in [6, 6.07) is -5.04. The van der Waals surface area contributed by atoms with E-state index in [0.717, 1.165) is 20.8 Å². The standard InChI is InChI=1S/C45H75N3O34/c1-11(54)46-21-14(57)4-45(44(70)71,81-36(21)24(59)15(58)5-49)82-38-27(62)18(8-52)76-43(33(38)68)79-35-20(73-39(69)22(29(35)64)47-12(2)55)10-72-41-31(66)30(65)34(19(9-53)77-41)78-42-32(67)37(26(61)17(7-51)75-42)80-40-23(48-13(3)56)28(63)25(60)16(6-50)74-40/h14-43,49-53,57-69H,4-10H2,1-3H3,(H,46,54)(H,47,55)(H,48,56)(H,70,71)/t14-,15+,16+,17+,18+,19+,20+,21+,22+,23+,24+,25+,26-,27-,28+,29+,30+,31+,32+,33+,34+,35+,36+,37-,38-,39+,40-,41+,42-,43-,45-/m0/s1. The third kappa shape index (κ3) is 14.7. The molecule has 3 amide bonds. The highest BCUT2D eigenvalue weighted by molar-refractivity contribution is 5.77. The Balaban J connectivity index is 1.21. The van der Waals surface area contributed by atoms with Crippen LogP contribution in [-0.4, -0.2) is 350 Å². The third-order valence-electron chi connectivity index (χ3n) is 14.6. The zero-order valence-electron chi connectivity index (χ0n) is 43.9. The molecule has 474 valence electrons. The first-order chi connectivity index (χ1) is 38.6. The predicted molar refractivity (Wildman–Crippen MR) is 251 cm³/mol. The summed E-state index contributed by atoms with van der Waals surface area (Å²) in [6.45, 7) is -3.22. The molecule has 0 aromatic rings. The van der Waals surface area contributed by atoms with Crippen molar-refractivity contribution in [3.8, 4) is 0 Å². The van der Waals surface area contributed by atoms with E-state index in [9.17, 15) is 116 Å². The van der Waals surface area contributed by atoms with E-state index >= 15 is 0 Å². The van der Waals surface area contributed by atoms with Gasteiger partial charge < -0.3 is 165 Å². The van der Waals surface area contributed by atoms with Crippen LogP contribution in [0, 0.1) is 0 Å². The van der Waals surface area contributed by atoms with Crippen molar-refractivity contribution in [3.05, 3.63) is 0 Å².